The Balaban J connectivity index is 2.49. The van der Waals surface area contributed by atoms with E-state index in [1.807, 2.05) is 12.3 Å². The Labute approximate surface area is 111 Å². The first kappa shape index (κ1) is 15.0. The molecule has 1 unspecified atom stereocenters. The van der Waals surface area contributed by atoms with E-state index < -0.39 is 0 Å². The predicted molar refractivity (Wildman–Crippen MR) is 78.9 cm³/mol. The van der Waals surface area contributed by atoms with Crippen molar-refractivity contribution < 1.29 is 0 Å². The van der Waals surface area contributed by atoms with E-state index in [0.717, 1.165) is 18.8 Å². The normalized spacial score (nSPS) is 13.7. The third kappa shape index (κ3) is 5.05. The van der Waals surface area contributed by atoms with Crippen LogP contribution in [0.15, 0.2) is 18.3 Å². The molecule has 1 atom stereocenters. The lowest BCUT2D eigenvalue weighted by atomic mass is 9.88. The molecule has 0 aliphatic carbocycles. The quantitative estimate of drug-likeness (QED) is 0.842. The summed E-state index contributed by atoms with van der Waals surface area (Å²) < 4.78 is 0. The molecule has 3 N–H and O–H groups in total. The van der Waals surface area contributed by atoms with Crippen molar-refractivity contribution in [2.45, 2.75) is 52.5 Å². The maximum atomic E-state index is 6.03. The molecule has 0 spiro atoms. The van der Waals surface area contributed by atoms with Gasteiger partial charge in [0, 0.05) is 18.8 Å². The summed E-state index contributed by atoms with van der Waals surface area (Å²) in [7, 11) is 0. The molecule has 0 aliphatic rings. The van der Waals surface area contributed by atoms with Crippen LogP contribution in [-0.2, 0) is 5.41 Å². The molecule has 0 aromatic carbocycles. The summed E-state index contributed by atoms with van der Waals surface area (Å²) >= 11 is 0. The van der Waals surface area contributed by atoms with Gasteiger partial charge >= 0.3 is 0 Å². The summed E-state index contributed by atoms with van der Waals surface area (Å²) in [5.41, 5.74) is 7.43. The first-order chi connectivity index (χ1) is 8.29. The number of pyridine rings is 1. The molecule has 0 saturated carbocycles. The average molecular weight is 249 g/mol. The number of rotatable bonds is 5. The molecule has 0 fully saturated rings. The average Bonchev–Trinajstić information content (AvgIpc) is 2.25. The van der Waals surface area contributed by atoms with Crippen molar-refractivity contribution in [1.29, 1.82) is 0 Å². The third-order valence-electron chi connectivity index (χ3n) is 2.95. The molecule has 18 heavy (non-hydrogen) atoms. The monoisotopic (exact) mass is 249 g/mol. The maximum absolute atomic E-state index is 6.03. The van der Waals surface area contributed by atoms with Crippen molar-refractivity contribution in [3.63, 3.8) is 0 Å². The van der Waals surface area contributed by atoms with Crippen molar-refractivity contribution >= 4 is 5.82 Å². The Morgan fingerprint density at radius 1 is 1.28 bits per heavy atom. The van der Waals surface area contributed by atoms with Crippen molar-refractivity contribution in [1.82, 2.24) is 4.98 Å². The summed E-state index contributed by atoms with van der Waals surface area (Å²) in [5.74, 6) is 1.54. The van der Waals surface area contributed by atoms with E-state index in [4.69, 9.17) is 5.73 Å². The number of nitrogens with two attached hydrogens (primary N) is 1. The van der Waals surface area contributed by atoms with Crippen LogP contribution < -0.4 is 11.1 Å². The molecule has 0 saturated heterocycles. The molecular weight excluding hydrogens is 222 g/mol. The highest BCUT2D eigenvalue weighted by atomic mass is 15.0. The molecular formula is C15H27N3. The zero-order valence-electron chi connectivity index (χ0n) is 12.3. The summed E-state index contributed by atoms with van der Waals surface area (Å²) in [5, 5.41) is 3.29. The predicted octanol–water partition coefficient (Wildman–Crippen LogP) is 3.16. The van der Waals surface area contributed by atoms with Gasteiger partial charge in [-0.15, -0.1) is 0 Å². The second-order valence-corrected chi connectivity index (χ2v) is 6.45. The third-order valence-corrected chi connectivity index (χ3v) is 2.95. The SMILES string of the molecule is CC(C)CC(N)CNc1ccc(C(C)(C)C)cn1. The fourth-order valence-electron chi connectivity index (χ4n) is 1.87. The van der Waals surface area contributed by atoms with Crippen molar-refractivity contribution in [2.75, 3.05) is 11.9 Å². The van der Waals surface area contributed by atoms with E-state index >= 15 is 0 Å². The van der Waals surface area contributed by atoms with Crippen LogP contribution in [0, 0.1) is 5.92 Å². The molecule has 0 radical (unpaired) electrons. The zero-order chi connectivity index (χ0) is 13.8. The van der Waals surface area contributed by atoms with Crippen LogP contribution in [0.25, 0.3) is 0 Å². The van der Waals surface area contributed by atoms with Gasteiger partial charge in [-0.3, -0.25) is 0 Å². The molecule has 1 aromatic rings. The number of nitrogens with zero attached hydrogens (tertiary/aromatic N) is 1. The van der Waals surface area contributed by atoms with Gasteiger partial charge in [0.15, 0.2) is 0 Å². The Bertz CT molecular complexity index is 349. The van der Waals surface area contributed by atoms with Gasteiger partial charge in [0.2, 0.25) is 0 Å². The number of aromatic nitrogens is 1. The van der Waals surface area contributed by atoms with Crippen LogP contribution in [0.5, 0.6) is 0 Å². The standard InChI is InChI=1S/C15H27N3/c1-11(2)8-13(16)10-18-14-7-6-12(9-17-14)15(3,4)5/h6-7,9,11,13H,8,10,16H2,1-5H3,(H,17,18). The van der Waals surface area contributed by atoms with E-state index in [9.17, 15) is 0 Å². The smallest absolute Gasteiger partial charge is 0.125 e. The molecule has 0 aliphatic heterocycles. The fraction of sp³-hybridized carbons (Fsp3) is 0.667. The lowest BCUT2D eigenvalue weighted by Crippen LogP contribution is -2.30. The molecule has 102 valence electrons. The highest BCUT2D eigenvalue weighted by Gasteiger charge is 2.13. The number of anilines is 1. The van der Waals surface area contributed by atoms with Crippen LogP contribution in [0.1, 0.15) is 46.6 Å². The lowest BCUT2D eigenvalue weighted by Gasteiger charge is -2.19. The molecule has 1 aromatic heterocycles. The van der Waals surface area contributed by atoms with Gasteiger partial charge < -0.3 is 11.1 Å². The van der Waals surface area contributed by atoms with Crippen LogP contribution in [0.4, 0.5) is 5.82 Å². The number of hydrogen-bond acceptors (Lipinski definition) is 3. The van der Waals surface area contributed by atoms with Crippen LogP contribution in [0.3, 0.4) is 0 Å². The summed E-state index contributed by atoms with van der Waals surface area (Å²) in [6, 6.07) is 4.35. The van der Waals surface area contributed by atoms with Crippen LogP contribution in [0.2, 0.25) is 0 Å². The second-order valence-electron chi connectivity index (χ2n) is 6.45. The molecule has 1 heterocycles. The zero-order valence-corrected chi connectivity index (χ0v) is 12.3. The van der Waals surface area contributed by atoms with E-state index in [1.165, 1.54) is 5.56 Å². The summed E-state index contributed by atoms with van der Waals surface area (Å²) in [6.45, 7) is 11.7. The van der Waals surface area contributed by atoms with Crippen molar-refractivity contribution in [2.24, 2.45) is 11.7 Å². The molecule has 3 nitrogen and oxygen atoms in total. The van der Waals surface area contributed by atoms with Crippen molar-refractivity contribution in [3.8, 4) is 0 Å². The van der Waals surface area contributed by atoms with Gasteiger partial charge in [-0.25, -0.2) is 4.98 Å². The second kappa shape index (κ2) is 6.19. The Morgan fingerprint density at radius 3 is 2.39 bits per heavy atom. The van der Waals surface area contributed by atoms with Gasteiger partial charge in [-0.2, -0.15) is 0 Å². The van der Waals surface area contributed by atoms with Gasteiger partial charge in [-0.1, -0.05) is 40.7 Å². The summed E-state index contributed by atoms with van der Waals surface area (Å²) in [6.07, 6.45) is 2.98. The minimum absolute atomic E-state index is 0.152. The maximum Gasteiger partial charge on any atom is 0.125 e. The Morgan fingerprint density at radius 2 is 1.94 bits per heavy atom. The first-order valence-electron chi connectivity index (χ1n) is 6.75. The minimum Gasteiger partial charge on any atom is -0.369 e. The van der Waals surface area contributed by atoms with Gasteiger partial charge in [-0.05, 0) is 29.4 Å². The fourth-order valence-corrected chi connectivity index (χ4v) is 1.87. The van der Waals surface area contributed by atoms with E-state index in [0.29, 0.717) is 5.92 Å². The van der Waals surface area contributed by atoms with Crippen molar-refractivity contribution in [3.05, 3.63) is 23.9 Å². The topological polar surface area (TPSA) is 50.9 Å². The first-order valence-corrected chi connectivity index (χ1v) is 6.75. The van der Waals surface area contributed by atoms with E-state index in [2.05, 4.69) is 51.0 Å². The highest BCUT2D eigenvalue weighted by Crippen LogP contribution is 2.21. The molecule has 3 heteroatoms. The molecule has 0 bridgehead atoms. The molecule has 1 rings (SSSR count). The largest absolute Gasteiger partial charge is 0.369 e. The van der Waals surface area contributed by atoms with Gasteiger partial charge in [0.05, 0.1) is 0 Å². The minimum atomic E-state index is 0.152. The Hall–Kier alpha value is -1.09. The number of nitrogens with one attached hydrogen (secondary N) is 1. The van der Waals surface area contributed by atoms with Crippen LogP contribution in [-0.4, -0.2) is 17.6 Å². The Kier molecular flexibility index (Phi) is 5.15. The van der Waals surface area contributed by atoms with E-state index in [-0.39, 0.29) is 11.5 Å². The van der Waals surface area contributed by atoms with E-state index in [1.54, 1.807) is 0 Å². The highest BCUT2D eigenvalue weighted by molar-refractivity contribution is 5.37. The number of hydrogen-bond donors (Lipinski definition) is 2. The van der Waals surface area contributed by atoms with Gasteiger partial charge in [0.25, 0.3) is 0 Å². The lowest BCUT2D eigenvalue weighted by molar-refractivity contribution is 0.508. The summed E-state index contributed by atoms with van der Waals surface area (Å²) in [4.78, 5) is 4.43. The van der Waals surface area contributed by atoms with Gasteiger partial charge in [0.1, 0.15) is 5.82 Å². The molecule has 0 amide bonds. The van der Waals surface area contributed by atoms with Crippen LogP contribution >= 0.6 is 0 Å².